The van der Waals surface area contributed by atoms with Gasteiger partial charge in [-0.3, -0.25) is 14.5 Å². The van der Waals surface area contributed by atoms with Crippen LogP contribution in [0.4, 0.5) is 5.82 Å². The van der Waals surface area contributed by atoms with E-state index in [1.54, 1.807) is 48.7 Å². The van der Waals surface area contributed by atoms with E-state index in [4.69, 9.17) is 11.6 Å². The number of aliphatic hydroxyl groups is 1. The minimum atomic E-state index is -0.785. The Bertz CT molecular complexity index is 1060. The van der Waals surface area contributed by atoms with Crippen LogP contribution in [0.25, 0.3) is 5.76 Å². The van der Waals surface area contributed by atoms with E-state index in [-0.39, 0.29) is 11.3 Å². The van der Waals surface area contributed by atoms with Crippen molar-refractivity contribution in [3.8, 4) is 0 Å². The number of Topliss-reactive ketones (excluding diaryl/α,β-unsaturated/α-hetero) is 1. The van der Waals surface area contributed by atoms with Crippen LogP contribution in [0, 0.1) is 0 Å². The summed E-state index contributed by atoms with van der Waals surface area (Å²) >= 11 is 5.92. The van der Waals surface area contributed by atoms with Crippen LogP contribution in [-0.4, -0.2) is 21.8 Å². The molecule has 138 valence electrons. The van der Waals surface area contributed by atoms with Gasteiger partial charge in [0.1, 0.15) is 11.6 Å². The van der Waals surface area contributed by atoms with Gasteiger partial charge in [-0.15, -0.1) is 0 Å². The van der Waals surface area contributed by atoms with E-state index < -0.39 is 17.7 Å². The van der Waals surface area contributed by atoms with Gasteiger partial charge < -0.3 is 5.11 Å². The number of aliphatic hydroxyl groups excluding tert-OH is 1. The molecule has 5 nitrogen and oxygen atoms in total. The fourth-order valence-corrected chi connectivity index (χ4v) is 3.41. The molecule has 0 bridgehead atoms. The van der Waals surface area contributed by atoms with Crippen LogP contribution in [0.3, 0.4) is 0 Å². The molecule has 3 aromatic rings. The van der Waals surface area contributed by atoms with Crippen LogP contribution in [0.5, 0.6) is 0 Å². The molecule has 4 rings (SSSR count). The molecule has 0 aliphatic carbocycles. The lowest BCUT2D eigenvalue weighted by atomic mass is 9.95. The van der Waals surface area contributed by atoms with E-state index in [0.717, 1.165) is 0 Å². The van der Waals surface area contributed by atoms with E-state index in [1.165, 1.54) is 4.90 Å². The third-order valence-corrected chi connectivity index (χ3v) is 4.83. The van der Waals surface area contributed by atoms with Crippen molar-refractivity contribution >= 4 is 34.9 Å². The van der Waals surface area contributed by atoms with Crippen molar-refractivity contribution in [2.24, 2.45) is 0 Å². The van der Waals surface area contributed by atoms with E-state index in [9.17, 15) is 14.7 Å². The number of hydrogen-bond acceptors (Lipinski definition) is 4. The highest BCUT2D eigenvalue weighted by atomic mass is 35.5. The molecule has 1 amide bonds. The third kappa shape index (κ3) is 3.06. The Morgan fingerprint density at radius 3 is 2.25 bits per heavy atom. The predicted molar refractivity (Wildman–Crippen MR) is 107 cm³/mol. The highest BCUT2D eigenvalue weighted by molar-refractivity contribution is 6.51. The first-order chi connectivity index (χ1) is 13.6. The molecular weight excluding hydrogens is 376 g/mol. The van der Waals surface area contributed by atoms with Crippen LogP contribution in [0.2, 0.25) is 5.02 Å². The highest BCUT2D eigenvalue weighted by Gasteiger charge is 2.47. The normalized spacial score (nSPS) is 18.5. The average Bonchev–Trinajstić information content (AvgIpc) is 3.00. The summed E-state index contributed by atoms with van der Waals surface area (Å²) in [6.45, 7) is 0. The summed E-state index contributed by atoms with van der Waals surface area (Å²) in [7, 11) is 0. The fourth-order valence-electron chi connectivity index (χ4n) is 3.28. The number of aromatic nitrogens is 1. The van der Waals surface area contributed by atoms with E-state index >= 15 is 0 Å². The molecule has 1 saturated heterocycles. The molecule has 28 heavy (non-hydrogen) atoms. The van der Waals surface area contributed by atoms with Gasteiger partial charge in [-0.05, 0) is 42.0 Å². The zero-order valence-electron chi connectivity index (χ0n) is 14.6. The van der Waals surface area contributed by atoms with Crippen LogP contribution >= 0.6 is 11.6 Å². The van der Waals surface area contributed by atoms with Gasteiger partial charge in [-0.25, -0.2) is 4.98 Å². The fraction of sp³-hybridized carbons (Fsp3) is 0.0455. The van der Waals surface area contributed by atoms with Gasteiger partial charge in [0, 0.05) is 16.8 Å². The maximum Gasteiger partial charge on any atom is 0.301 e. The number of nitrogens with zero attached hydrogens (tertiary/aromatic N) is 2. The van der Waals surface area contributed by atoms with Gasteiger partial charge >= 0.3 is 5.91 Å². The Balaban J connectivity index is 1.94. The van der Waals surface area contributed by atoms with Gasteiger partial charge in [-0.1, -0.05) is 48.0 Å². The monoisotopic (exact) mass is 390 g/mol. The standard InChI is InChI=1S/C22H15ClN2O3/c23-16-11-9-15(10-12-16)20(26)18-19(14-6-2-1-3-7-14)25(22(28)21(18)27)17-8-4-5-13-24-17/h1-13,19,26H/b20-18-. The average molecular weight is 391 g/mol. The van der Waals surface area contributed by atoms with Crippen molar-refractivity contribution in [3.63, 3.8) is 0 Å². The molecule has 1 aliphatic heterocycles. The molecule has 2 heterocycles. The van der Waals surface area contributed by atoms with Gasteiger partial charge in [0.2, 0.25) is 0 Å². The number of halogens is 1. The second-order valence-electron chi connectivity index (χ2n) is 6.27. The van der Waals surface area contributed by atoms with Gasteiger partial charge in [0.15, 0.2) is 0 Å². The minimum absolute atomic E-state index is 0.0178. The summed E-state index contributed by atoms with van der Waals surface area (Å²) in [5, 5.41) is 11.4. The zero-order valence-corrected chi connectivity index (χ0v) is 15.4. The Hall–Kier alpha value is -3.44. The van der Waals surface area contributed by atoms with Crippen molar-refractivity contribution in [1.29, 1.82) is 0 Å². The summed E-state index contributed by atoms with van der Waals surface area (Å²) in [4.78, 5) is 31.3. The second-order valence-corrected chi connectivity index (χ2v) is 6.71. The van der Waals surface area contributed by atoms with Gasteiger partial charge in [-0.2, -0.15) is 0 Å². The zero-order chi connectivity index (χ0) is 19.7. The molecule has 1 aromatic heterocycles. The Labute approximate surface area is 166 Å². The number of carbonyl (C=O) groups excluding carboxylic acids is 2. The molecule has 0 radical (unpaired) electrons. The first-order valence-corrected chi connectivity index (χ1v) is 8.98. The summed E-state index contributed by atoms with van der Waals surface area (Å²) in [6, 6.07) is 19.9. The molecule has 0 saturated carbocycles. The summed E-state index contributed by atoms with van der Waals surface area (Å²) < 4.78 is 0. The lowest BCUT2D eigenvalue weighted by molar-refractivity contribution is -0.132. The molecule has 2 aromatic carbocycles. The Morgan fingerprint density at radius 2 is 1.61 bits per heavy atom. The third-order valence-electron chi connectivity index (χ3n) is 4.57. The largest absolute Gasteiger partial charge is 0.507 e. The first-order valence-electron chi connectivity index (χ1n) is 8.61. The molecule has 0 spiro atoms. The number of anilines is 1. The number of carbonyl (C=O) groups is 2. The molecule has 1 N–H and O–H groups in total. The summed E-state index contributed by atoms with van der Waals surface area (Å²) in [5.41, 5.74) is 1.12. The maximum atomic E-state index is 12.9. The van der Waals surface area contributed by atoms with E-state index in [0.29, 0.717) is 22.0 Å². The number of amides is 1. The van der Waals surface area contributed by atoms with Gasteiger partial charge in [0.25, 0.3) is 5.78 Å². The molecule has 1 atom stereocenters. The minimum Gasteiger partial charge on any atom is -0.507 e. The maximum absolute atomic E-state index is 12.9. The lowest BCUT2D eigenvalue weighted by Gasteiger charge is -2.24. The Kier molecular flexibility index (Phi) is 4.67. The number of rotatable bonds is 3. The number of ketones is 1. The number of hydrogen-bond donors (Lipinski definition) is 1. The predicted octanol–water partition coefficient (Wildman–Crippen LogP) is 4.36. The van der Waals surface area contributed by atoms with Crippen LogP contribution in [0.1, 0.15) is 17.2 Å². The summed E-state index contributed by atoms with van der Waals surface area (Å²) in [6.07, 6.45) is 1.55. The topological polar surface area (TPSA) is 70.5 Å². The second kappa shape index (κ2) is 7.29. The molecular formula is C22H15ClN2O3. The Morgan fingerprint density at radius 1 is 0.929 bits per heavy atom. The first kappa shape index (κ1) is 17.9. The molecule has 1 fully saturated rings. The van der Waals surface area contributed by atoms with Crippen LogP contribution < -0.4 is 4.90 Å². The van der Waals surface area contributed by atoms with Crippen LogP contribution in [-0.2, 0) is 9.59 Å². The van der Waals surface area contributed by atoms with Crippen molar-refractivity contribution in [3.05, 3.63) is 101 Å². The van der Waals surface area contributed by atoms with E-state index in [2.05, 4.69) is 4.98 Å². The molecule has 1 unspecified atom stereocenters. The number of pyridine rings is 1. The van der Waals surface area contributed by atoms with Crippen molar-refractivity contribution in [1.82, 2.24) is 4.98 Å². The number of benzene rings is 2. The molecule has 6 heteroatoms. The van der Waals surface area contributed by atoms with Crippen molar-refractivity contribution < 1.29 is 14.7 Å². The smallest absolute Gasteiger partial charge is 0.301 e. The van der Waals surface area contributed by atoms with E-state index in [1.807, 2.05) is 30.3 Å². The van der Waals surface area contributed by atoms with Crippen molar-refractivity contribution in [2.75, 3.05) is 4.90 Å². The van der Waals surface area contributed by atoms with Crippen LogP contribution in [0.15, 0.2) is 84.6 Å². The van der Waals surface area contributed by atoms with Gasteiger partial charge in [0.05, 0.1) is 11.6 Å². The quantitative estimate of drug-likeness (QED) is 0.410. The SMILES string of the molecule is O=C1C(=O)N(c2ccccn2)C(c2ccccc2)/C1=C(/O)c1ccc(Cl)cc1. The molecule has 1 aliphatic rings. The lowest BCUT2D eigenvalue weighted by Crippen LogP contribution is -2.30. The van der Waals surface area contributed by atoms with Crippen molar-refractivity contribution in [2.45, 2.75) is 6.04 Å². The summed E-state index contributed by atoms with van der Waals surface area (Å²) in [5.74, 6) is -1.40. The highest BCUT2D eigenvalue weighted by Crippen LogP contribution is 2.41.